The molecule has 0 saturated heterocycles. The molecule has 0 bridgehead atoms. The summed E-state index contributed by atoms with van der Waals surface area (Å²) in [4.78, 5) is 4.47. The molecule has 0 aliphatic rings. The minimum absolute atomic E-state index is 0.131. The smallest absolute Gasteiger partial charge is 0.264 e. The Morgan fingerprint density at radius 3 is 2.36 bits per heavy atom. The van der Waals surface area contributed by atoms with Gasteiger partial charge >= 0.3 is 0 Å². The molecule has 2 aromatic heterocycles. The molecule has 2 heterocycles. The Morgan fingerprint density at radius 1 is 1.00 bits per heavy atom. The highest BCUT2D eigenvalue weighted by molar-refractivity contribution is 7.92. The largest absolute Gasteiger partial charge is 0.337 e. The van der Waals surface area contributed by atoms with Gasteiger partial charge in [0, 0.05) is 28.3 Å². The zero-order valence-corrected chi connectivity index (χ0v) is 16.8. The van der Waals surface area contributed by atoms with Crippen molar-refractivity contribution in [2.24, 2.45) is 0 Å². The van der Waals surface area contributed by atoms with Gasteiger partial charge in [0.2, 0.25) is 5.88 Å². The van der Waals surface area contributed by atoms with Crippen LogP contribution in [-0.2, 0) is 10.0 Å². The van der Waals surface area contributed by atoms with Gasteiger partial charge < -0.3 is 4.52 Å². The number of benzene rings is 2. The van der Waals surface area contributed by atoms with E-state index in [2.05, 4.69) is 14.9 Å². The van der Waals surface area contributed by atoms with Crippen LogP contribution in [0.5, 0.6) is 0 Å². The minimum atomic E-state index is -3.85. The zero-order chi connectivity index (χ0) is 19.7. The molecule has 2 aromatic carbocycles. The van der Waals surface area contributed by atoms with Crippen LogP contribution in [0.4, 0.5) is 5.88 Å². The fourth-order valence-corrected chi connectivity index (χ4v) is 4.71. The summed E-state index contributed by atoms with van der Waals surface area (Å²) < 4.78 is 33.6. The van der Waals surface area contributed by atoms with Crippen LogP contribution in [0.15, 0.2) is 69.5 Å². The van der Waals surface area contributed by atoms with E-state index in [0.717, 1.165) is 16.1 Å². The van der Waals surface area contributed by atoms with E-state index in [0.29, 0.717) is 16.8 Å². The predicted molar refractivity (Wildman–Crippen MR) is 110 cm³/mol. The van der Waals surface area contributed by atoms with Gasteiger partial charge in [0.25, 0.3) is 10.0 Å². The van der Waals surface area contributed by atoms with Gasteiger partial charge in [0.15, 0.2) is 0 Å². The highest BCUT2D eigenvalue weighted by atomic mass is 32.2. The van der Waals surface area contributed by atoms with Crippen LogP contribution in [0.1, 0.15) is 11.3 Å². The van der Waals surface area contributed by atoms with Crippen molar-refractivity contribution in [1.82, 2.24) is 10.1 Å². The number of hydrogen-bond acceptors (Lipinski definition) is 6. The van der Waals surface area contributed by atoms with E-state index in [-0.39, 0.29) is 10.8 Å². The first-order valence-corrected chi connectivity index (χ1v) is 10.9. The summed E-state index contributed by atoms with van der Waals surface area (Å²) >= 11 is 1.56. The lowest BCUT2D eigenvalue weighted by atomic mass is 10.0. The molecule has 0 saturated carbocycles. The van der Waals surface area contributed by atoms with Crippen molar-refractivity contribution >= 4 is 27.2 Å². The first-order valence-electron chi connectivity index (χ1n) is 8.51. The predicted octanol–water partition coefficient (Wildman–Crippen LogP) is 4.88. The molecule has 0 unspecified atom stereocenters. The van der Waals surface area contributed by atoms with Gasteiger partial charge in [-0.15, -0.1) is 11.3 Å². The number of thiazole rings is 1. The van der Waals surface area contributed by atoms with Crippen molar-refractivity contribution in [2.45, 2.75) is 18.7 Å². The maximum absolute atomic E-state index is 13.0. The Balaban J connectivity index is 1.71. The zero-order valence-electron chi connectivity index (χ0n) is 15.2. The summed E-state index contributed by atoms with van der Waals surface area (Å²) in [6.07, 6.45) is 1.76. The Bertz CT molecular complexity index is 1210. The second-order valence-electron chi connectivity index (χ2n) is 6.24. The Kier molecular flexibility index (Phi) is 4.74. The summed E-state index contributed by atoms with van der Waals surface area (Å²) in [7, 11) is -3.85. The van der Waals surface area contributed by atoms with Gasteiger partial charge in [-0.25, -0.2) is 18.1 Å². The van der Waals surface area contributed by atoms with Crippen molar-refractivity contribution in [1.29, 1.82) is 0 Å². The third-order valence-electron chi connectivity index (χ3n) is 4.44. The van der Waals surface area contributed by atoms with Crippen molar-refractivity contribution < 1.29 is 12.9 Å². The fourth-order valence-electron chi connectivity index (χ4n) is 2.79. The SMILES string of the molecule is Cc1noc(NS(=O)(=O)c2ccccc2-c2ccc(-c3nccs3)cc2)c1C. The van der Waals surface area contributed by atoms with E-state index in [1.807, 2.05) is 35.7 Å². The van der Waals surface area contributed by atoms with E-state index in [9.17, 15) is 8.42 Å². The average Bonchev–Trinajstić information content (AvgIpc) is 3.34. The van der Waals surface area contributed by atoms with E-state index in [4.69, 9.17) is 4.52 Å². The van der Waals surface area contributed by atoms with Crippen LogP contribution in [-0.4, -0.2) is 18.6 Å². The normalized spacial score (nSPS) is 11.5. The van der Waals surface area contributed by atoms with Crippen LogP contribution in [0.3, 0.4) is 0 Å². The molecule has 28 heavy (non-hydrogen) atoms. The first kappa shape index (κ1) is 18.4. The van der Waals surface area contributed by atoms with Crippen molar-refractivity contribution in [3.05, 3.63) is 71.4 Å². The number of nitrogens with zero attached hydrogens (tertiary/aromatic N) is 2. The second-order valence-corrected chi connectivity index (χ2v) is 8.78. The monoisotopic (exact) mass is 411 g/mol. The molecule has 0 spiro atoms. The Hall–Kier alpha value is -2.97. The number of anilines is 1. The van der Waals surface area contributed by atoms with E-state index in [1.54, 1.807) is 49.6 Å². The fraction of sp³-hybridized carbons (Fsp3) is 0.100. The molecule has 0 amide bonds. The van der Waals surface area contributed by atoms with Gasteiger partial charge in [0.1, 0.15) is 5.01 Å². The van der Waals surface area contributed by atoms with E-state index in [1.165, 1.54) is 0 Å². The molecule has 142 valence electrons. The summed E-state index contributed by atoms with van der Waals surface area (Å²) in [6.45, 7) is 3.52. The molecular weight excluding hydrogens is 394 g/mol. The molecule has 6 nitrogen and oxygen atoms in total. The Morgan fingerprint density at radius 2 is 1.71 bits per heavy atom. The number of hydrogen-bond donors (Lipinski definition) is 1. The maximum atomic E-state index is 13.0. The molecule has 8 heteroatoms. The Labute approximate surface area is 166 Å². The summed E-state index contributed by atoms with van der Waals surface area (Å²) in [6, 6.07) is 14.5. The molecular formula is C20H17N3O3S2. The number of rotatable bonds is 5. The molecule has 1 N–H and O–H groups in total. The van der Waals surface area contributed by atoms with Crippen molar-refractivity contribution in [2.75, 3.05) is 4.72 Å². The van der Waals surface area contributed by atoms with Crippen LogP contribution < -0.4 is 4.72 Å². The van der Waals surface area contributed by atoms with Crippen molar-refractivity contribution in [3.8, 4) is 21.7 Å². The van der Waals surface area contributed by atoms with Gasteiger partial charge in [-0.2, -0.15) is 0 Å². The summed E-state index contributed by atoms with van der Waals surface area (Å²) in [5, 5.41) is 6.64. The first-order chi connectivity index (χ1) is 13.5. The van der Waals surface area contributed by atoms with Crippen LogP contribution in [0, 0.1) is 13.8 Å². The minimum Gasteiger partial charge on any atom is -0.337 e. The standard InChI is InChI=1S/C20H17N3O3S2/c1-13-14(2)22-26-19(13)23-28(24,25)18-6-4-3-5-17(18)15-7-9-16(10-8-15)20-21-11-12-27-20/h3-12,23H,1-2H3. The lowest BCUT2D eigenvalue weighted by molar-refractivity contribution is 0.430. The summed E-state index contributed by atoms with van der Waals surface area (Å²) in [5.41, 5.74) is 3.70. The quantitative estimate of drug-likeness (QED) is 0.506. The van der Waals surface area contributed by atoms with E-state index < -0.39 is 10.0 Å². The summed E-state index contributed by atoms with van der Waals surface area (Å²) in [5.74, 6) is 0.131. The van der Waals surface area contributed by atoms with E-state index >= 15 is 0 Å². The highest BCUT2D eigenvalue weighted by Gasteiger charge is 2.22. The molecule has 0 aliphatic heterocycles. The molecule has 0 aliphatic carbocycles. The molecule has 4 rings (SSSR count). The third-order valence-corrected chi connectivity index (χ3v) is 6.65. The molecule has 0 radical (unpaired) electrons. The van der Waals surface area contributed by atoms with Gasteiger partial charge in [0.05, 0.1) is 10.6 Å². The van der Waals surface area contributed by atoms with Crippen LogP contribution in [0.2, 0.25) is 0 Å². The highest BCUT2D eigenvalue weighted by Crippen LogP contribution is 2.31. The number of nitrogens with one attached hydrogen (secondary N) is 1. The van der Waals surface area contributed by atoms with Gasteiger partial charge in [-0.1, -0.05) is 47.6 Å². The molecule has 0 atom stereocenters. The van der Waals surface area contributed by atoms with Crippen LogP contribution >= 0.6 is 11.3 Å². The number of aromatic nitrogens is 2. The molecule has 4 aromatic rings. The third kappa shape index (κ3) is 3.44. The topological polar surface area (TPSA) is 85.1 Å². The number of sulfonamides is 1. The van der Waals surface area contributed by atoms with Gasteiger partial charge in [-0.05, 0) is 25.5 Å². The van der Waals surface area contributed by atoms with Crippen LogP contribution in [0.25, 0.3) is 21.7 Å². The lowest BCUT2D eigenvalue weighted by Gasteiger charge is -2.11. The second kappa shape index (κ2) is 7.21. The van der Waals surface area contributed by atoms with Gasteiger partial charge in [-0.3, -0.25) is 0 Å². The number of aryl methyl sites for hydroxylation is 1. The average molecular weight is 412 g/mol. The molecule has 0 fully saturated rings. The maximum Gasteiger partial charge on any atom is 0.264 e. The van der Waals surface area contributed by atoms with Crippen molar-refractivity contribution in [3.63, 3.8) is 0 Å². The lowest BCUT2D eigenvalue weighted by Crippen LogP contribution is -2.14.